The van der Waals surface area contributed by atoms with Gasteiger partial charge in [0.05, 0.1) is 0 Å². The molecule has 2 aromatic rings. The third-order valence-corrected chi connectivity index (χ3v) is 5.85. The molecule has 2 aromatic carbocycles. The molecule has 0 bridgehead atoms. The molecule has 2 rings (SSSR count). The third-order valence-electron chi connectivity index (χ3n) is 3.83. The second-order valence-electron chi connectivity index (χ2n) is 5.61. The standard InChI is InChI=1S/C17H19F2NO2S/c1-12-7-9-14(10-8-12)11-13(2)20(3)23(21,22)17-15(18)5-4-6-16(17)19/h4-10,13H,11H2,1-3H3. The fourth-order valence-corrected chi connectivity index (χ4v) is 3.77. The van der Waals surface area contributed by atoms with Crippen LogP contribution < -0.4 is 0 Å². The van der Waals surface area contributed by atoms with Gasteiger partial charge in [-0.25, -0.2) is 17.2 Å². The van der Waals surface area contributed by atoms with E-state index in [-0.39, 0.29) is 0 Å². The molecule has 0 aliphatic heterocycles. The van der Waals surface area contributed by atoms with Crippen LogP contribution in [0.5, 0.6) is 0 Å². The van der Waals surface area contributed by atoms with Crippen LogP contribution in [0, 0.1) is 18.6 Å². The van der Waals surface area contributed by atoms with Crippen LogP contribution >= 0.6 is 0 Å². The highest BCUT2D eigenvalue weighted by molar-refractivity contribution is 7.89. The Labute approximate surface area is 135 Å². The molecular formula is C17H19F2NO2S. The first-order valence-electron chi connectivity index (χ1n) is 7.21. The lowest BCUT2D eigenvalue weighted by Gasteiger charge is -2.25. The van der Waals surface area contributed by atoms with Gasteiger partial charge < -0.3 is 0 Å². The van der Waals surface area contributed by atoms with E-state index < -0.39 is 32.6 Å². The topological polar surface area (TPSA) is 37.4 Å². The van der Waals surface area contributed by atoms with E-state index in [4.69, 9.17) is 0 Å². The number of halogens is 2. The average Bonchev–Trinajstić information content (AvgIpc) is 2.48. The first-order valence-corrected chi connectivity index (χ1v) is 8.65. The van der Waals surface area contributed by atoms with Gasteiger partial charge in [0.25, 0.3) is 0 Å². The van der Waals surface area contributed by atoms with Crippen molar-refractivity contribution in [3.8, 4) is 0 Å². The predicted octanol–water partition coefficient (Wildman–Crippen LogP) is 3.52. The van der Waals surface area contributed by atoms with Crippen LogP contribution in [-0.4, -0.2) is 25.8 Å². The quantitative estimate of drug-likeness (QED) is 0.836. The van der Waals surface area contributed by atoms with Crippen molar-refractivity contribution in [2.75, 3.05) is 7.05 Å². The van der Waals surface area contributed by atoms with Gasteiger partial charge in [-0.1, -0.05) is 35.9 Å². The van der Waals surface area contributed by atoms with Crippen LogP contribution in [0.4, 0.5) is 8.78 Å². The zero-order valence-electron chi connectivity index (χ0n) is 13.3. The minimum absolute atomic E-state index is 0.443. The molecule has 6 heteroatoms. The Hall–Kier alpha value is -1.79. The van der Waals surface area contributed by atoms with Crippen molar-refractivity contribution >= 4 is 10.0 Å². The normalized spacial score (nSPS) is 13.3. The fourth-order valence-electron chi connectivity index (χ4n) is 2.30. The summed E-state index contributed by atoms with van der Waals surface area (Å²) in [6.07, 6.45) is 0.450. The summed E-state index contributed by atoms with van der Waals surface area (Å²) in [7, 11) is -2.91. The van der Waals surface area contributed by atoms with Crippen LogP contribution in [-0.2, 0) is 16.4 Å². The van der Waals surface area contributed by atoms with Crippen molar-refractivity contribution in [3.63, 3.8) is 0 Å². The Morgan fingerprint density at radius 2 is 1.57 bits per heavy atom. The summed E-state index contributed by atoms with van der Waals surface area (Å²) in [4.78, 5) is -0.904. The van der Waals surface area contributed by atoms with E-state index in [0.29, 0.717) is 6.42 Å². The molecule has 0 aromatic heterocycles. The van der Waals surface area contributed by atoms with E-state index in [0.717, 1.165) is 33.6 Å². The number of aryl methyl sites for hydroxylation is 1. The van der Waals surface area contributed by atoms with E-state index in [9.17, 15) is 17.2 Å². The molecular weight excluding hydrogens is 320 g/mol. The minimum atomic E-state index is -4.24. The summed E-state index contributed by atoms with van der Waals surface area (Å²) in [5.74, 6) is -2.17. The Bertz CT molecular complexity index is 768. The summed E-state index contributed by atoms with van der Waals surface area (Å²) in [6, 6.07) is 10.3. The first kappa shape index (κ1) is 17.6. The first-order chi connectivity index (χ1) is 10.7. The van der Waals surface area contributed by atoms with Crippen LogP contribution in [0.25, 0.3) is 0 Å². The number of sulfonamides is 1. The molecule has 124 valence electrons. The van der Waals surface area contributed by atoms with Gasteiger partial charge in [0.2, 0.25) is 10.0 Å². The molecule has 3 nitrogen and oxygen atoms in total. The summed E-state index contributed by atoms with van der Waals surface area (Å²) in [6.45, 7) is 3.67. The molecule has 0 amide bonds. The Morgan fingerprint density at radius 1 is 1.04 bits per heavy atom. The summed E-state index contributed by atoms with van der Waals surface area (Å²) >= 11 is 0. The van der Waals surface area contributed by atoms with Crippen molar-refractivity contribution < 1.29 is 17.2 Å². The van der Waals surface area contributed by atoms with Gasteiger partial charge in [0, 0.05) is 13.1 Å². The number of benzene rings is 2. The molecule has 0 aliphatic carbocycles. The highest BCUT2D eigenvalue weighted by Gasteiger charge is 2.31. The fraction of sp³-hybridized carbons (Fsp3) is 0.294. The maximum Gasteiger partial charge on any atom is 0.248 e. The molecule has 0 fully saturated rings. The second kappa shape index (κ2) is 6.76. The molecule has 0 spiro atoms. The number of likely N-dealkylation sites (N-methyl/N-ethyl adjacent to an activating group) is 1. The summed E-state index contributed by atoms with van der Waals surface area (Å²) in [5.41, 5.74) is 2.06. The van der Waals surface area contributed by atoms with Crippen LogP contribution in [0.1, 0.15) is 18.1 Å². The molecule has 0 heterocycles. The zero-order chi connectivity index (χ0) is 17.2. The lowest BCUT2D eigenvalue weighted by molar-refractivity contribution is 0.380. The molecule has 0 aliphatic rings. The van der Waals surface area contributed by atoms with E-state index >= 15 is 0 Å². The van der Waals surface area contributed by atoms with Crippen molar-refractivity contribution in [2.24, 2.45) is 0 Å². The van der Waals surface area contributed by atoms with Crippen LogP contribution in [0.3, 0.4) is 0 Å². The monoisotopic (exact) mass is 339 g/mol. The minimum Gasteiger partial charge on any atom is -0.207 e. The molecule has 0 radical (unpaired) electrons. The Kier molecular flexibility index (Phi) is 5.16. The van der Waals surface area contributed by atoms with Gasteiger partial charge in [-0.3, -0.25) is 0 Å². The van der Waals surface area contributed by atoms with Crippen molar-refractivity contribution in [3.05, 3.63) is 65.2 Å². The number of nitrogens with zero attached hydrogens (tertiary/aromatic N) is 1. The molecule has 0 saturated carbocycles. The third kappa shape index (κ3) is 3.76. The molecule has 0 N–H and O–H groups in total. The lowest BCUT2D eigenvalue weighted by atomic mass is 10.1. The van der Waals surface area contributed by atoms with Crippen LogP contribution in [0.15, 0.2) is 47.4 Å². The summed E-state index contributed by atoms with van der Waals surface area (Å²) in [5, 5.41) is 0. The van der Waals surface area contributed by atoms with Crippen LogP contribution in [0.2, 0.25) is 0 Å². The van der Waals surface area contributed by atoms with Gasteiger partial charge in [-0.15, -0.1) is 0 Å². The van der Waals surface area contributed by atoms with E-state index in [2.05, 4.69) is 0 Å². The SMILES string of the molecule is Cc1ccc(CC(C)N(C)S(=O)(=O)c2c(F)cccc2F)cc1. The van der Waals surface area contributed by atoms with E-state index in [1.54, 1.807) is 6.92 Å². The largest absolute Gasteiger partial charge is 0.248 e. The number of hydrogen-bond acceptors (Lipinski definition) is 2. The van der Waals surface area contributed by atoms with Crippen molar-refractivity contribution in [1.29, 1.82) is 0 Å². The molecule has 1 unspecified atom stereocenters. The number of hydrogen-bond donors (Lipinski definition) is 0. The maximum atomic E-state index is 13.8. The lowest BCUT2D eigenvalue weighted by Crippen LogP contribution is -2.37. The number of rotatable bonds is 5. The molecule has 23 heavy (non-hydrogen) atoms. The van der Waals surface area contributed by atoms with Crippen molar-refractivity contribution in [1.82, 2.24) is 4.31 Å². The van der Waals surface area contributed by atoms with E-state index in [1.807, 2.05) is 31.2 Å². The highest BCUT2D eigenvalue weighted by Crippen LogP contribution is 2.24. The smallest absolute Gasteiger partial charge is 0.207 e. The second-order valence-corrected chi connectivity index (χ2v) is 7.55. The highest BCUT2D eigenvalue weighted by atomic mass is 32.2. The van der Waals surface area contributed by atoms with Gasteiger partial charge in [-0.05, 0) is 38.0 Å². The van der Waals surface area contributed by atoms with Gasteiger partial charge in [0.1, 0.15) is 11.6 Å². The van der Waals surface area contributed by atoms with Gasteiger partial charge in [0.15, 0.2) is 4.90 Å². The average molecular weight is 339 g/mol. The maximum absolute atomic E-state index is 13.8. The Morgan fingerprint density at radius 3 is 2.09 bits per heavy atom. The predicted molar refractivity (Wildman–Crippen MR) is 85.7 cm³/mol. The zero-order valence-corrected chi connectivity index (χ0v) is 14.1. The van der Waals surface area contributed by atoms with Gasteiger partial charge in [-0.2, -0.15) is 4.31 Å². The van der Waals surface area contributed by atoms with Crippen molar-refractivity contribution in [2.45, 2.75) is 31.2 Å². The van der Waals surface area contributed by atoms with E-state index in [1.165, 1.54) is 7.05 Å². The Balaban J connectivity index is 2.27. The molecule has 1 atom stereocenters. The van der Waals surface area contributed by atoms with Gasteiger partial charge >= 0.3 is 0 Å². The molecule has 0 saturated heterocycles. The summed E-state index contributed by atoms with van der Waals surface area (Å²) < 4.78 is 53.6.